The molecular formula is C18H18N4O. The third-order valence-electron chi connectivity index (χ3n) is 3.54. The topological polar surface area (TPSA) is 59.8 Å². The number of aromatic nitrogens is 3. The van der Waals surface area contributed by atoms with Gasteiger partial charge in [0.25, 0.3) is 5.91 Å². The molecule has 1 N–H and O–H groups in total. The van der Waals surface area contributed by atoms with E-state index in [9.17, 15) is 4.79 Å². The number of benzene rings is 2. The first-order valence-corrected chi connectivity index (χ1v) is 7.40. The van der Waals surface area contributed by atoms with Crippen molar-refractivity contribution < 1.29 is 4.79 Å². The summed E-state index contributed by atoms with van der Waals surface area (Å²) in [6, 6.07) is 13.7. The number of rotatable bonds is 3. The molecule has 0 fully saturated rings. The van der Waals surface area contributed by atoms with Crippen LogP contribution >= 0.6 is 0 Å². The smallest absolute Gasteiger partial charge is 0.295 e. The van der Waals surface area contributed by atoms with Crippen LogP contribution < -0.4 is 5.32 Å². The van der Waals surface area contributed by atoms with Crippen LogP contribution in [0.5, 0.6) is 0 Å². The van der Waals surface area contributed by atoms with Crippen molar-refractivity contribution in [1.29, 1.82) is 0 Å². The van der Waals surface area contributed by atoms with Crippen molar-refractivity contribution in [1.82, 2.24) is 14.8 Å². The van der Waals surface area contributed by atoms with Crippen LogP contribution in [0.4, 0.5) is 5.69 Å². The second kappa shape index (κ2) is 6.04. The first-order valence-electron chi connectivity index (χ1n) is 7.40. The van der Waals surface area contributed by atoms with Gasteiger partial charge in [0, 0.05) is 5.69 Å². The van der Waals surface area contributed by atoms with E-state index < -0.39 is 0 Å². The molecule has 5 nitrogen and oxygen atoms in total. The summed E-state index contributed by atoms with van der Waals surface area (Å²) in [5.74, 6) is -0.172. The largest absolute Gasteiger partial charge is 0.319 e. The first-order chi connectivity index (χ1) is 11.0. The Bertz CT molecular complexity index is 847. The molecule has 3 rings (SSSR count). The van der Waals surface area contributed by atoms with Crippen LogP contribution in [-0.2, 0) is 0 Å². The SMILES string of the molecule is Cc1cc(C)cc(NC(=O)c2ncn(-c3ccccc3C)n2)c1. The Morgan fingerprint density at radius 2 is 1.74 bits per heavy atom. The standard InChI is InChI=1S/C18H18N4O/c1-12-8-13(2)10-15(9-12)20-18(23)17-19-11-22(21-17)16-7-5-4-6-14(16)3/h4-11H,1-3H3,(H,20,23). The lowest BCUT2D eigenvalue weighted by atomic mass is 10.1. The van der Waals surface area contributed by atoms with Crippen molar-refractivity contribution in [3.8, 4) is 5.69 Å². The molecule has 2 aromatic carbocycles. The number of nitrogens with zero attached hydrogens (tertiary/aromatic N) is 3. The molecule has 0 bridgehead atoms. The summed E-state index contributed by atoms with van der Waals surface area (Å²) >= 11 is 0. The summed E-state index contributed by atoms with van der Waals surface area (Å²) in [5, 5.41) is 7.12. The molecule has 0 aliphatic rings. The minimum Gasteiger partial charge on any atom is -0.319 e. The van der Waals surface area contributed by atoms with Crippen LogP contribution in [0.3, 0.4) is 0 Å². The van der Waals surface area contributed by atoms with E-state index >= 15 is 0 Å². The highest BCUT2D eigenvalue weighted by molar-refractivity contribution is 6.01. The number of aryl methyl sites for hydroxylation is 3. The fraction of sp³-hybridized carbons (Fsp3) is 0.167. The molecule has 0 saturated heterocycles. The Morgan fingerprint density at radius 3 is 2.43 bits per heavy atom. The molecule has 0 aliphatic carbocycles. The highest BCUT2D eigenvalue weighted by atomic mass is 16.2. The van der Waals surface area contributed by atoms with E-state index in [-0.39, 0.29) is 11.7 Å². The molecule has 116 valence electrons. The fourth-order valence-electron chi connectivity index (χ4n) is 2.54. The lowest BCUT2D eigenvalue weighted by Crippen LogP contribution is -2.14. The molecule has 0 unspecified atom stereocenters. The highest BCUT2D eigenvalue weighted by Gasteiger charge is 2.13. The highest BCUT2D eigenvalue weighted by Crippen LogP contribution is 2.15. The summed E-state index contributed by atoms with van der Waals surface area (Å²) in [7, 11) is 0. The summed E-state index contributed by atoms with van der Waals surface area (Å²) in [6.45, 7) is 5.98. The Balaban J connectivity index is 1.83. The van der Waals surface area contributed by atoms with Gasteiger partial charge in [0.05, 0.1) is 5.69 Å². The Morgan fingerprint density at radius 1 is 1.04 bits per heavy atom. The van der Waals surface area contributed by atoms with Gasteiger partial charge < -0.3 is 5.32 Å². The van der Waals surface area contributed by atoms with Crippen LogP contribution in [0.15, 0.2) is 48.8 Å². The molecule has 0 aliphatic heterocycles. The van der Waals surface area contributed by atoms with E-state index in [1.807, 2.05) is 57.2 Å². The average molecular weight is 306 g/mol. The van der Waals surface area contributed by atoms with Crippen LogP contribution in [0, 0.1) is 20.8 Å². The number of nitrogens with one attached hydrogen (secondary N) is 1. The van der Waals surface area contributed by atoms with Crippen molar-refractivity contribution in [2.24, 2.45) is 0 Å². The van der Waals surface area contributed by atoms with E-state index in [0.717, 1.165) is 28.1 Å². The molecule has 3 aromatic rings. The van der Waals surface area contributed by atoms with Crippen molar-refractivity contribution in [2.45, 2.75) is 20.8 Å². The lowest BCUT2D eigenvalue weighted by molar-refractivity contribution is 0.101. The first kappa shape index (κ1) is 15.0. The van der Waals surface area contributed by atoms with E-state index in [2.05, 4.69) is 21.5 Å². The van der Waals surface area contributed by atoms with Gasteiger partial charge in [-0.05, 0) is 55.7 Å². The quantitative estimate of drug-likeness (QED) is 0.806. The monoisotopic (exact) mass is 306 g/mol. The van der Waals surface area contributed by atoms with Gasteiger partial charge in [0.2, 0.25) is 5.82 Å². The number of anilines is 1. The predicted molar refractivity (Wildman–Crippen MR) is 90.0 cm³/mol. The third-order valence-corrected chi connectivity index (χ3v) is 3.54. The Labute approximate surface area is 135 Å². The average Bonchev–Trinajstić information content (AvgIpc) is 2.96. The minimum atomic E-state index is -0.317. The van der Waals surface area contributed by atoms with Crippen LogP contribution in [-0.4, -0.2) is 20.7 Å². The zero-order valence-electron chi connectivity index (χ0n) is 13.4. The number of carbonyl (C=O) groups excluding carboxylic acids is 1. The number of hydrogen-bond donors (Lipinski definition) is 1. The maximum Gasteiger partial charge on any atom is 0.295 e. The van der Waals surface area contributed by atoms with E-state index in [1.54, 1.807) is 11.0 Å². The van der Waals surface area contributed by atoms with Crippen LogP contribution in [0.25, 0.3) is 5.69 Å². The molecule has 23 heavy (non-hydrogen) atoms. The summed E-state index contributed by atoms with van der Waals surface area (Å²) in [4.78, 5) is 16.4. The number of para-hydroxylation sites is 1. The van der Waals surface area contributed by atoms with Gasteiger partial charge >= 0.3 is 0 Å². The van der Waals surface area contributed by atoms with Crippen molar-refractivity contribution in [2.75, 3.05) is 5.32 Å². The second-order valence-electron chi connectivity index (χ2n) is 5.63. The van der Waals surface area contributed by atoms with Gasteiger partial charge in [0.15, 0.2) is 0 Å². The van der Waals surface area contributed by atoms with Gasteiger partial charge in [-0.2, -0.15) is 0 Å². The molecular weight excluding hydrogens is 288 g/mol. The van der Waals surface area contributed by atoms with Gasteiger partial charge in [-0.25, -0.2) is 9.67 Å². The molecule has 0 radical (unpaired) electrons. The summed E-state index contributed by atoms with van der Waals surface area (Å²) < 4.78 is 1.62. The van der Waals surface area contributed by atoms with E-state index in [0.29, 0.717) is 0 Å². The zero-order chi connectivity index (χ0) is 16.4. The summed E-state index contributed by atoms with van der Waals surface area (Å²) in [6.07, 6.45) is 1.55. The van der Waals surface area contributed by atoms with Gasteiger partial charge in [-0.3, -0.25) is 4.79 Å². The summed E-state index contributed by atoms with van der Waals surface area (Å²) in [5.41, 5.74) is 4.92. The number of amides is 1. The van der Waals surface area contributed by atoms with Crippen molar-refractivity contribution in [3.05, 3.63) is 71.3 Å². The molecule has 1 amide bonds. The fourth-order valence-corrected chi connectivity index (χ4v) is 2.54. The minimum absolute atomic E-state index is 0.146. The van der Waals surface area contributed by atoms with Crippen molar-refractivity contribution >= 4 is 11.6 Å². The number of carbonyl (C=O) groups is 1. The number of hydrogen-bond acceptors (Lipinski definition) is 3. The zero-order valence-corrected chi connectivity index (χ0v) is 13.4. The molecule has 0 atom stereocenters. The maximum atomic E-state index is 12.3. The van der Waals surface area contributed by atoms with Crippen LogP contribution in [0.2, 0.25) is 0 Å². The van der Waals surface area contributed by atoms with Gasteiger partial charge in [-0.15, -0.1) is 5.10 Å². The molecule has 5 heteroatoms. The van der Waals surface area contributed by atoms with E-state index in [1.165, 1.54) is 0 Å². The van der Waals surface area contributed by atoms with Gasteiger partial charge in [0.1, 0.15) is 6.33 Å². The Kier molecular flexibility index (Phi) is 3.93. The van der Waals surface area contributed by atoms with Crippen molar-refractivity contribution in [3.63, 3.8) is 0 Å². The van der Waals surface area contributed by atoms with Gasteiger partial charge in [-0.1, -0.05) is 24.3 Å². The predicted octanol–water partition coefficient (Wildman–Crippen LogP) is 3.44. The molecule has 1 aromatic heterocycles. The molecule has 0 saturated carbocycles. The third kappa shape index (κ3) is 3.29. The van der Waals surface area contributed by atoms with Crippen LogP contribution in [0.1, 0.15) is 27.3 Å². The Hall–Kier alpha value is -2.95. The van der Waals surface area contributed by atoms with E-state index in [4.69, 9.17) is 0 Å². The maximum absolute atomic E-state index is 12.3. The normalized spacial score (nSPS) is 10.6. The molecule has 0 spiro atoms. The second-order valence-corrected chi connectivity index (χ2v) is 5.63. The molecule has 1 heterocycles. The lowest BCUT2D eigenvalue weighted by Gasteiger charge is -2.06.